The molecule has 1 aliphatic rings. The number of carbonyl (C=O) groups excluding carboxylic acids is 2. The summed E-state index contributed by atoms with van der Waals surface area (Å²) >= 11 is 1.53. The van der Waals surface area contributed by atoms with Crippen molar-refractivity contribution in [1.29, 1.82) is 0 Å². The second-order valence-corrected chi connectivity index (χ2v) is 9.44. The van der Waals surface area contributed by atoms with Crippen LogP contribution in [-0.4, -0.2) is 33.9 Å². The highest BCUT2D eigenvalue weighted by molar-refractivity contribution is 7.16. The fourth-order valence-corrected chi connectivity index (χ4v) is 5.41. The second-order valence-electron chi connectivity index (χ2n) is 8.55. The number of nitrogens with zero attached hydrogens (tertiary/aromatic N) is 2. The van der Waals surface area contributed by atoms with Gasteiger partial charge in [-0.3, -0.25) is 9.59 Å². The third kappa shape index (κ3) is 3.64. The number of nitrogens with one attached hydrogen (secondary N) is 1. The highest BCUT2D eigenvalue weighted by Gasteiger charge is 2.48. The van der Waals surface area contributed by atoms with Crippen molar-refractivity contribution in [2.75, 3.05) is 7.11 Å². The number of fused-ring (bicyclic) bond motifs is 3. The van der Waals surface area contributed by atoms with E-state index in [4.69, 9.17) is 4.74 Å². The van der Waals surface area contributed by atoms with Crippen LogP contribution in [0.4, 0.5) is 4.39 Å². The van der Waals surface area contributed by atoms with Gasteiger partial charge in [0, 0.05) is 23.1 Å². The van der Waals surface area contributed by atoms with Crippen molar-refractivity contribution in [3.63, 3.8) is 0 Å². The summed E-state index contributed by atoms with van der Waals surface area (Å²) in [6.07, 6.45) is 0. The van der Waals surface area contributed by atoms with Crippen molar-refractivity contribution in [2.45, 2.75) is 32.1 Å². The number of ether oxygens (including phenoxy) is 1. The fraction of sp³-hybridized carbons (Fsp3) is 0.231. The Morgan fingerprint density at radius 3 is 2.65 bits per heavy atom. The monoisotopic (exact) mass is 477 g/mol. The average molecular weight is 478 g/mol. The highest BCUT2D eigenvalue weighted by Crippen LogP contribution is 2.35. The van der Waals surface area contributed by atoms with Gasteiger partial charge in [-0.15, -0.1) is 11.3 Å². The van der Waals surface area contributed by atoms with Crippen molar-refractivity contribution in [3.05, 3.63) is 88.7 Å². The minimum atomic E-state index is -1.23. The second kappa shape index (κ2) is 8.61. The lowest BCUT2D eigenvalue weighted by atomic mass is 9.93. The van der Waals surface area contributed by atoms with Gasteiger partial charge in [-0.1, -0.05) is 36.4 Å². The molecule has 1 atom stereocenters. The first-order valence-electron chi connectivity index (χ1n) is 10.9. The number of hydrogen-bond acceptors (Lipinski definition) is 4. The Hall–Kier alpha value is -3.65. The third-order valence-corrected chi connectivity index (χ3v) is 7.39. The fourth-order valence-electron chi connectivity index (χ4n) is 4.52. The lowest BCUT2D eigenvalue weighted by Gasteiger charge is -2.44. The predicted octanol–water partition coefficient (Wildman–Crippen LogP) is 4.58. The molecule has 0 bridgehead atoms. The molecule has 0 fully saturated rings. The number of carbonyl (C=O) groups is 2. The lowest BCUT2D eigenvalue weighted by molar-refractivity contribution is -0.133. The van der Waals surface area contributed by atoms with Crippen molar-refractivity contribution >= 4 is 33.4 Å². The smallest absolute Gasteiger partial charge is 0.271 e. The minimum absolute atomic E-state index is 0.0110. The quantitative estimate of drug-likeness (QED) is 0.442. The summed E-state index contributed by atoms with van der Waals surface area (Å²) < 4.78 is 21.8. The Balaban J connectivity index is 1.52. The van der Waals surface area contributed by atoms with Crippen LogP contribution in [0.3, 0.4) is 0 Å². The molecule has 4 aromatic rings. The van der Waals surface area contributed by atoms with Crippen molar-refractivity contribution < 1.29 is 18.7 Å². The molecule has 2 amide bonds. The molecular weight excluding hydrogens is 453 g/mol. The van der Waals surface area contributed by atoms with E-state index in [1.165, 1.54) is 22.3 Å². The molecule has 5 rings (SSSR count). The highest BCUT2D eigenvalue weighted by atomic mass is 32.1. The number of hydrogen-bond donors (Lipinski definition) is 1. The maximum atomic E-state index is 14.5. The zero-order valence-electron chi connectivity index (χ0n) is 18.9. The molecule has 0 saturated heterocycles. The van der Waals surface area contributed by atoms with Gasteiger partial charge >= 0.3 is 0 Å². The molecule has 0 saturated carbocycles. The molecule has 2 aromatic carbocycles. The van der Waals surface area contributed by atoms with Crippen LogP contribution >= 0.6 is 11.3 Å². The third-order valence-electron chi connectivity index (χ3n) is 6.44. The first-order valence-corrected chi connectivity index (χ1v) is 11.8. The summed E-state index contributed by atoms with van der Waals surface area (Å²) in [5.74, 6) is -0.349. The molecule has 1 aliphatic heterocycles. The van der Waals surface area contributed by atoms with Gasteiger partial charge in [0.05, 0.1) is 20.2 Å². The van der Waals surface area contributed by atoms with E-state index in [1.54, 1.807) is 32.2 Å². The van der Waals surface area contributed by atoms with E-state index >= 15 is 0 Å². The molecule has 3 heterocycles. The maximum absolute atomic E-state index is 14.5. The Bertz CT molecular complexity index is 1390. The van der Waals surface area contributed by atoms with Crippen LogP contribution in [0.5, 0.6) is 5.75 Å². The minimum Gasteiger partial charge on any atom is -0.496 e. The molecule has 0 spiro atoms. The summed E-state index contributed by atoms with van der Waals surface area (Å²) in [6, 6.07) is 17.6. The topological polar surface area (TPSA) is 63.6 Å². The molecule has 1 N–H and O–H groups in total. The van der Waals surface area contributed by atoms with Gasteiger partial charge in [-0.25, -0.2) is 4.39 Å². The van der Waals surface area contributed by atoms with E-state index in [9.17, 15) is 14.0 Å². The Kier molecular flexibility index (Phi) is 5.61. The van der Waals surface area contributed by atoms with Crippen LogP contribution in [0.1, 0.15) is 28.5 Å². The molecular formula is C26H24FN3O3S. The number of benzene rings is 2. The zero-order chi connectivity index (χ0) is 23.9. The molecule has 0 unspecified atom stereocenters. The van der Waals surface area contributed by atoms with Gasteiger partial charge in [0.2, 0.25) is 5.91 Å². The number of halogens is 1. The molecule has 0 aliphatic carbocycles. The number of amides is 2. The van der Waals surface area contributed by atoms with Gasteiger partial charge in [0.1, 0.15) is 27.6 Å². The largest absolute Gasteiger partial charge is 0.496 e. The number of para-hydroxylation sites is 1. The lowest BCUT2D eigenvalue weighted by Crippen LogP contribution is -2.63. The van der Waals surface area contributed by atoms with Crippen LogP contribution in [0.2, 0.25) is 0 Å². The van der Waals surface area contributed by atoms with Crippen molar-refractivity contribution in [2.24, 2.45) is 0 Å². The van der Waals surface area contributed by atoms with E-state index in [0.29, 0.717) is 17.0 Å². The number of thiophene rings is 1. The van der Waals surface area contributed by atoms with Gasteiger partial charge in [0.25, 0.3) is 5.91 Å². The molecule has 8 heteroatoms. The Labute approximate surface area is 200 Å². The summed E-state index contributed by atoms with van der Waals surface area (Å²) in [5.41, 5.74) is 0.464. The molecule has 34 heavy (non-hydrogen) atoms. The van der Waals surface area contributed by atoms with Gasteiger partial charge < -0.3 is 19.5 Å². The summed E-state index contributed by atoms with van der Waals surface area (Å²) in [5, 5.41) is 5.91. The van der Waals surface area contributed by atoms with E-state index in [-0.39, 0.29) is 31.4 Å². The van der Waals surface area contributed by atoms with E-state index in [0.717, 1.165) is 15.8 Å². The van der Waals surface area contributed by atoms with E-state index < -0.39 is 11.4 Å². The molecule has 0 radical (unpaired) electrons. The van der Waals surface area contributed by atoms with Crippen LogP contribution in [0, 0.1) is 5.82 Å². The number of methoxy groups -OCH3 is 1. The predicted molar refractivity (Wildman–Crippen MR) is 129 cm³/mol. The average Bonchev–Trinajstić information content (AvgIpc) is 3.44. The first kappa shape index (κ1) is 22.2. The first-order chi connectivity index (χ1) is 16.4. The van der Waals surface area contributed by atoms with Crippen LogP contribution in [0.15, 0.2) is 66.0 Å². The van der Waals surface area contributed by atoms with Crippen LogP contribution in [-0.2, 0) is 24.4 Å². The molecule has 2 aromatic heterocycles. The van der Waals surface area contributed by atoms with E-state index in [2.05, 4.69) is 5.32 Å². The number of aromatic nitrogens is 1. The van der Waals surface area contributed by atoms with E-state index in [1.807, 2.05) is 46.3 Å². The van der Waals surface area contributed by atoms with Crippen LogP contribution in [0.25, 0.3) is 10.2 Å². The zero-order valence-corrected chi connectivity index (χ0v) is 19.7. The number of rotatable bonds is 6. The van der Waals surface area contributed by atoms with Crippen molar-refractivity contribution in [1.82, 2.24) is 14.8 Å². The SMILES string of the molecule is COc1ccccc1CNC(=O)[C@]1(C)Cn2c(cc3ccsc32)C(=O)N1Cc1ccccc1F. The Morgan fingerprint density at radius 1 is 1.15 bits per heavy atom. The molecule has 6 nitrogen and oxygen atoms in total. The normalized spacial score (nSPS) is 17.6. The standard InChI is InChI=1S/C26H24FN3O3S/c1-26(25(32)28-14-18-7-4-6-10-22(18)33-2)16-29-21(13-17-11-12-34-24(17)29)23(31)30(26)15-19-8-3-5-9-20(19)27/h3-13H,14-16H2,1-2H3,(H,28,32)/t26-/m0/s1. The van der Waals surface area contributed by atoms with Crippen LogP contribution < -0.4 is 10.1 Å². The summed E-state index contributed by atoms with van der Waals surface area (Å²) in [4.78, 5) is 29.8. The Morgan fingerprint density at radius 2 is 1.88 bits per heavy atom. The summed E-state index contributed by atoms with van der Waals surface area (Å²) in [6.45, 7) is 2.24. The van der Waals surface area contributed by atoms with Gasteiger partial charge in [-0.2, -0.15) is 0 Å². The van der Waals surface area contributed by atoms with Crippen molar-refractivity contribution in [3.8, 4) is 5.75 Å². The summed E-state index contributed by atoms with van der Waals surface area (Å²) in [7, 11) is 1.58. The maximum Gasteiger partial charge on any atom is 0.271 e. The van der Waals surface area contributed by atoms with Gasteiger partial charge in [0.15, 0.2) is 0 Å². The molecule has 174 valence electrons. The van der Waals surface area contributed by atoms with Gasteiger partial charge in [-0.05, 0) is 36.6 Å².